The number of likely N-dealkylation sites (N-methyl/N-ethyl adjacent to an activating group) is 1. The number of carbonyl (C=O) groups is 2. The van der Waals surface area contributed by atoms with Gasteiger partial charge in [0.1, 0.15) is 5.75 Å². The predicted molar refractivity (Wildman–Crippen MR) is 81.8 cm³/mol. The van der Waals surface area contributed by atoms with E-state index in [-0.39, 0.29) is 25.0 Å². The number of nitrogen functional groups attached to an aromatic ring is 1. The first kappa shape index (κ1) is 16.8. The Balaban J connectivity index is 2.33. The fourth-order valence-electron chi connectivity index (χ4n) is 1.50. The number of benzene rings is 1. The van der Waals surface area contributed by atoms with Crippen molar-refractivity contribution in [3.63, 3.8) is 0 Å². The van der Waals surface area contributed by atoms with Crippen LogP contribution in [0.2, 0.25) is 0 Å². The Morgan fingerprint density at radius 3 is 2.48 bits per heavy atom. The van der Waals surface area contributed by atoms with E-state index in [9.17, 15) is 9.59 Å². The first-order chi connectivity index (χ1) is 9.88. The zero-order valence-electron chi connectivity index (χ0n) is 12.8. The van der Waals surface area contributed by atoms with Gasteiger partial charge in [0.15, 0.2) is 6.61 Å². The maximum absolute atomic E-state index is 11.9. The number of ether oxygens (including phenoxy) is 1. The molecule has 0 aliphatic carbocycles. The Kier molecular flexibility index (Phi) is 6.52. The Bertz CT molecular complexity index is 472. The fraction of sp³-hybridized carbons (Fsp3) is 0.467. The lowest BCUT2D eigenvalue weighted by Crippen LogP contribution is -2.41. The highest BCUT2D eigenvalue weighted by molar-refractivity contribution is 5.85. The number of rotatable bonds is 7. The molecule has 0 heterocycles. The van der Waals surface area contributed by atoms with Gasteiger partial charge in [-0.05, 0) is 30.2 Å². The van der Waals surface area contributed by atoms with Crippen LogP contribution in [0.1, 0.15) is 13.8 Å². The van der Waals surface area contributed by atoms with Crippen molar-refractivity contribution in [3.8, 4) is 5.75 Å². The van der Waals surface area contributed by atoms with Crippen LogP contribution in [0.4, 0.5) is 5.69 Å². The van der Waals surface area contributed by atoms with Gasteiger partial charge in [-0.25, -0.2) is 0 Å². The molecule has 6 nitrogen and oxygen atoms in total. The maximum Gasteiger partial charge on any atom is 0.260 e. The summed E-state index contributed by atoms with van der Waals surface area (Å²) in [6.45, 7) is 4.53. The summed E-state index contributed by atoms with van der Waals surface area (Å²) in [5.74, 6) is 0.512. The van der Waals surface area contributed by atoms with E-state index in [2.05, 4.69) is 5.32 Å². The van der Waals surface area contributed by atoms with Crippen molar-refractivity contribution >= 4 is 17.5 Å². The highest BCUT2D eigenvalue weighted by atomic mass is 16.5. The van der Waals surface area contributed by atoms with Gasteiger partial charge in [-0.1, -0.05) is 13.8 Å². The minimum absolute atomic E-state index is 0.0245. The fourth-order valence-corrected chi connectivity index (χ4v) is 1.50. The summed E-state index contributed by atoms with van der Waals surface area (Å²) in [7, 11) is 1.57. The molecule has 0 aromatic heterocycles. The molecule has 21 heavy (non-hydrogen) atoms. The molecule has 0 radical (unpaired) electrons. The van der Waals surface area contributed by atoms with E-state index in [1.165, 1.54) is 4.90 Å². The number of anilines is 1. The van der Waals surface area contributed by atoms with Crippen LogP contribution in [-0.2, 0) is 9.59 Å². The molecule has 0 aliphatic rings. The monoisotopic (exact) mass is 293 g/mol. The number of hydrogen-bond acceptors (Lipinski definition) is 4. The zero-order chi connectivity index (χ0) is 15.8. The van der Waals surface area contributed by atoms with Crippen LogP contribution >= 0.6 is 0 Å². The van der Waals surface area contributed by atoms with Crippen molar-refractivity contribution in [3.05, 3.63) is 24.3 Å². The van der Waals surface area contributed by atoms with Gasteiger partial charge < -0.3 is 20.7 Å². The molecule has 0 fully saturated rings. The van der Waals surface area contributed by atoms with Gasteiger partial charge in [-0.3, -0.25) is 9.59 Å². The molecule has 0 atom stereocenters. The second-order valence-electron chi connectivity index (χ2n) is 5.31. The van der Waals surface area contributed by atoms with E-state index in [0.717, 1.165) is 0 Å². The average molecular weight is 293 g/mol. The van der Waals surface area contributed by atoms with Gasteiger partial charge in [0.05, 0.1) is 6.54 Å². The minimum atomic E-state index is -0.258. The van der Waals surface area contributed by atoms with E-state index in [4.69, 9.17) is 10.5 Å². The highest BCUT2D eigenvalue weighted by Gasteiger charge is 2.13. The van der Waals surface area contributed by atoms with Gasteiger partial charge in [0.25, 0.3) is 5.91 Å². The second-order valence-corrected chi connectivity index (χ2v) is 5.31. The molecule has 3 N–H and O–H groups in total. The number of amides is 2. The van der Waals surface area contributed by atoms with Gasteiger partial charge in [-0.15, -0.1) is 0 Å². The number of carbonyl (C=O) groups excluding carboxylic acids is 2. The van der Waals surface area contributed by atoms with Crippen molar-refractivity contribution < 1.29 is 14.3 Å². The van der Waals surface area contributed by atoms with Crippen LogP contribution in [0, 0.1) is 5.92 Å². The third-order valence-electron chi connectivity index (χ3n) is 2.76. The molecule has 0 aliphatic heterocycles. The topological polar surface area (TPSA) is 84.7 Å². The van der Waals surface area contributed by atoms with Crippen molar-refractivity contribution in [2.45, 2.75) is 13.8 Å². The van der Waals surface area contributed by atoms with Gasteiger partial charge in [0.2, 0.25) is 5.91 Å². The molecule has 1 rings (SSSR count). The smallest absolute Gasteiger partial charge is 0.260 e. The molecule has 0 saturated carbocycles. The predicted octanol–water partition coefficient (Wildman–Crippen LogP) is 0.878. The van der Waals surface area contributed by atoms with Crippen molar-refractivity contribution in [1.82, 2.24) is 10.2 Å². The molecule has 0 spiro atoms. The lowest BCUT2D eigenvalue weighted by Gasteiger charge is -2.17. The summed E-state index contributed by atoms with van der Waals surface area (Å²) in [4.78, 5) is 24.8. The lowest BCUT2D eigenvalue weighted by molar-refractivity contribution is -0.136. The number of nitrogens with zero attached hydrogens (tertiary/aromatic N) is 1. The Labute approximate surface area is 125 Å². The van der Waals surface area contributed by atoms with E-state index < -0.39 is 0 Å². The molecule has 1 aromatic rings. The average Bonchev–Trinajstić information content (AvgIpc) is 2.44. The minimum Gasteiger partial charge on any atom is -0.484 e. The van der Waals surface area contributed by atoms with Crippen molar-refractivity contribution in [2.24, 2.45) is 5.92 Å². The molecule has 0 saturated heterocycles. The van der Waals surface area contributed by atoms with Crippen LogP contribution in [0.25, 0.3) is 0 Å². The van der Waals surface area contributed by atoms with Gasteiger partial charge >= 0.3 is 0 Å². The molecule has 1 aromatic carbocycles. The van der Waals surface area contributed by atoms with Crippen molar-refractivity contribution in [2.75, 3.05) is 32.5 Å². The van der Waals surface area contributed by atoms with Crippen LogP contribution < -0.4 is 15.8 Å². The summed E-state index contributed by atoms with van der Waals surface area (Å²) < 4.78 is 5.35. The van der Waals surface area contributed by atoms with Crippen LogP contribution in [0.3, 0.4) is 0 Å². The van der Waals surface area contributed by atoms with Crippen LogP contribution in [0.5, 0.6) is 5.75 Å². The van der Waals surface area contributed by atoms with E-state index >= 15 is 0 Å². The molecule has 6 heteroatoms. The second kappa shape index (κ2) is 8.14. The third-order valence-corrected chi connectivity index (χ3v) is 2.76. The molecule has 2 amide bonds. The Morgan fingerprint density at radius 1 is 1.29 bits per heavy atom. The lowest BCUT2D eigenvalue weighted by atomic mass is 10.2. The summed E-state index contributed by atoms with van der Waals surface area (Å²) in [5.41, 5.74) is 6.19. The van der Waals surface area contributed by atoms with Crippen LogP contribution in [0.15, 0.2) is 24.3 Å². The molecular weight excluding hydrogens is 270 g/mol. The molecule has 116 valence electrons. The Hall–Kier alpha value is -2.24. The highest BCUT2D eigenvalue weighted by Crippen LogP contribution is 2.12. The van der Waals surface area contributed by atoms with Crippen LogP contribution in [-0.4, -0.2) is 43.5 Å². The summed E-state index contributed by atoms with van der Waals surface area (Å²) in [6.07, 6.45) is 0. The normalized spacial score (nSPS) is 10.3. The number of hydrogen-bond donors (Lipinski definition) is 2. The largest absolute Gasteiger partial charge is 0.484 e. The van der Waals surface area contributed by atoms with Gasteiger partial charge in [-0.2, -0.15) is 0 Å². The summed E-state index contributed by atoms with van der Waals surface area (Å²) in [5, 5.41) is 2.76. The molecular formula is C15H23N3O3. The van der Waals surface area contributed by atoms with Gasteiger partial charge in [0, 0.05) is 19.3 Å². The SMILES string of the molecule is CC(C)CNC(=O)CN(C)C(=O)COc1ccc(N)cc1. The first-order valence-electron chi connectivity index (χ1n) is 6.87. The van der Waals surface area contributed by atoms with Crippen molar-refractivity contribution in [1.29, 1.82) is 0 Å². The quantitative estimate of drug-likeness (QED) is 0.731. The first-order valence-corrected chi connectivity index (χ1v) is 6.87. The number of nitrogens with one attached hydrogen (secondary N) is 1. The van der Waals surface area contributed by atoms with E-state index in [0.29, 0.717) is 23.9 Å². The third kappa shape index (κ3) is 6.65. The van der Waals surface area contributed by atoms with E-state index in [1.54, 1.807) is 31.3 Å². The standard InChI is InChI=1S/C15H23N3O3/c1-11(2)8-17-14(19)9-18(3)15(20)10-21-13-6-4-12(16)5-7-13/h4-7,11H,8-10,16H2,1-3H3,(H,17,19). The number of nitrogens with two attached hydrogens (primary N) is 1. The molecule has 0 unspecified atom stereocenters. The summed E-state index contributed by atoms with van der Waals surface area (Å²) in [6, 6.07) is 6.78. The zero-order valence-corrected chi connectivity index (χ0v) is 12.8. The summed E-state index contributed by atoms with van der Waals surface area (Å²) >= 11 is 0. The maximum atomic E-state index is 11.9. The Morgan fingerprint density at radius 2 is 1.90 bits per heavy atom. The molecule has 0 bridgehead atoms. The van der Waals surface area contributed by atoms with E-state index in [1.807, 2.05) is 13.8 Å².